The van der Waals surface area contributed by atoms with Crippen LogP contribution in [-0.2, 0) is 0 Å². The number of rotatable bonds is 5. The van der Waals surface area contributed by atoms with Crippen molar-refractivity contribution in [3.8, 4) is 46.0 Å². The summed E-state index contributed by atoms with van der Waals surface area (Å²) in [5.74, 6) is 0. The smallest absolute Gasteiger partial charge is 0.101 e. The standard InChI is InChI=1S/C62H36N6/c63-37-39-33-41(65-53-25-9-1-17-43(53)44-18-2-10-26-54(44)65)35-51(61(39)67-57-29-13-5-21-47(57)48-22-6-14-30-58(48)67)52-36-42(66-55-27-11-3-19-45(55)46-20-4-12-28-56(46)66)34-40(38-64)62(52)68-59-31-15-7-23-49(59)50-24-8-16-32-60(50)68/h1-36H. The second kappa shape index (κ2) is 14.4. The zero-order chi connectivity index (χ0) is 45.0. The molecule has 0 N–H and O–H groups in total. The maximum absolute atomic E-state index is 11.7. The second-order valence-corrected chi connectivity index (χ2v) is 17.5. The first-order chi connectivity index (χ1) is 33.7. The number of benzene rings is 10. The van der Waals surface area contributed by atoms with Crippen molar-refractivity contribution in [1.82, 2.24) is 18.3 Å². The molecule has 0 spiro atoms. The van der Waals surface area contributed by atoms with Crippen molar-refractivity contribution in [2.24, 2.45) is 0 Å². The van der Waals surface area contributed by atoms with E-state index in [-0.39, 0.29) is 0 Å². The van der Waals surface area contributed by atoms with Gasteiger partial charge in [0.15, 0.2) is 0 Å². The van der Waals surface area contributed by atoms with Crippen LogP contribution in [0.25, 0.3) is 121 Å². The van der Waals surface area contributed by atoms with Gasteiger partial charge in [-0.05, 0) is 72.8 Å². The lowest BCUT2D eigenvalue weighted by atomic mass is 9.94. The molecule has 314 valence electrons. The highest BCUT2D eigenvalue weighted by Crippen LogP contribution is 2.46. The normalized spacial score (nSPS) is 11.8. The number of aromatic nitrogens is 4. The van der Waals surface area contributed by atoms with Crippen molar-refractivity contribution in [3.05, 3.63) is 230 Å². The summed E-state index contributed by atoms with van der Waals surface area (Å²) in [6.45, 7) is 0. The molecule has 0 aliphatic carbocycles. The first-order valence-electron chi connectivity index (χ1n) is 22.8. The van der Waals surface area contributed by atoms with Crippen LogP contribution in [0.2, 0.25) is 0 Å². The Morgan fingerprint density at radius 1 is 0.250 bits per heavy atom. The average molecular weight is 865 g/mol. The van der Waals surface area contributed by atoms with Crippen molar-refractivity contribution in [2.75, 3.05) is 0 Å². The number of para-hydroxylation sites is 8. The van der Waals surface area contributed by atoms with E-state index in [0.717, 1.165) is 121 Å². The van der Waals surface area contributed by atoms with Gasteiger partial charge in [-0.3, -0.25) is 0 Å². The van der Waals surface area contributed by atoms with Crippen molar-refractivity contribution < 1.29 is 0 Å². The number of hydrogen-bond acceptors (Lipinski definition) is 2. The lowest BCUT2D eigenvalue weighted by Gasteiger charge is -2.23. The molecule has 68 heavy (non-hydrogen) atoms. The Kier molecular flexibility index (Phi) is 8.01. The van der Waals surface area contributed by atoms with Crippen molar-refractivity contribution in [2.45, 2.75) is 0 Å². The van der Waals surface area contributed by atoms with Crippen LogP contribution in [0.15, 0.2) is 218 Å². The summed E-state index contributed by atoms with van der Waals surface area (Å²) >= 11 is 0. The van der Waals surface area contributed by atoms with E-state index in [1.54, 1.807) is 0 Å². The number of fused-ring (bicyclic) bond motifs is 12. The maximum atomic E-state index is 11.7. The molecule has 0 aliphatic rings. The van der Waals surface area contributed by atoms with Gasteiger partial charge in [-0.15, -0.1) is 0 Å². The summed E-state index contributed by atoms with van der Waals surface area (Å²) < 4.78 is 9.10. The van der Waals surface area contributed by atoms with E-state index < -0.39 is 0 Å². The van der Waals surface area contributed by atoms with Gasteiger partial charge in [0, 0.05) is 65.6 Å². The third-order valence-corrected chi connectivity index (χ3v) is 14.0. The molecule has 0 saturated heterocycles. The molecule has 0 atom stereocenters. The average Bonchev–Trinajstić information content (AvgIpc) is 4.13. The Morgan fingerprint density at radius 3 is 0.676 bits per heavy atom. The Hall–Kier alpha value is -9.62. The minimum absolute atomic E-state index is 0.500. The quantitative estimate of drug-likeness (QED) is 0.173. The highest BCUT2D eigenvalue weighted by atomic mass is 15.0. The van der Waals surface area contributed by atoms with E-state index >= 15 is 0 Å². The third kappa shape index (κ3) is 5.20. The molecule has 4 heterocycles. The van der Waals surface area contributed by atoms with Gasteiger partial charge in [0.2, 0.25) is 0 Å². The SMILES string of the molecule is N#Cc1cc(-n2c3ccccc3c3ccccc32)cc(-c2cc(-n3c4ccccc4c4ccccc43)cc(C#N)c2-n2c3ccccc3c3ccccc32)c1-n1c2ccccc2c2ccccc21. The van der Waals surface area contributed by atoms with Crippen molar-refractivity contribution >= 4 is 87.2 Å². The van der Waals surface area contributed by atoms with E-state index in [0.29, 0.717) is 11.1 Å². The van der Waals surface area contributed by atoms with Gasteiger partial charge in [-0.25, -0.2) is 0 Å². The fourth-order valence-corrected chi connectivity index (χ4v) is 11.3. The minimum Gasteiger partial charge on any atom is -0.309 e. The minimum atomic E-state index is 0.500. The van der Waals surface area contributed by atoms with E-state index in [9.17, 15) is 10.5 Å². The molecular weight excluding hydrogens is 829 g/mol. The Balaban J connectivity index is 1.22. The monoisotopic (exact) mass is 864 g/mol. The Morgan fingerprint density at radius 2 is 0.456 bits per heavy atom. The third-order valence-electron chi connectivity index (χ3n) is 14.0. The van der Waals surface area contributed by atoms with Gasteiger partial charge in [0.05, 0.1) is 66.6 Å². The van der Waals surface area contributed by atoms with E-state index in [1.807, 2.05) is 12.1 Å². The zero-order valence-electron chi connectivity index (χ0n) is 36.5. The van der Waals surface area contributed by atoms with Gasteiger partial charge < -0.3 is 18.3 Å². The number of nitrogens with zero attached hydrogens (tertiary/aromatic N) is 6. The topological polar surface area (TPSA) is 67.3 Å². The molecule has 0 aliphatic heterocycles. The predicted octanol–water partition coefficient (Wildman–Crippen LogP) is 15.5. The molecule has 14 rings (SSSR count). The molecule has 4 aromatic heterocycles. The first kappa shape index (κ1) is 37.7. The largest absolute Gasteiger partial charge is 0.309 e. The highest BCUT2D eigenvalue weighted by Gasteiger charge is 2.28. The fraction of sp³-hybridized carbons (Fsp3) is 0. The van der Waals surface area contributed by atoms with Crippen LogP contribution in [-0.4, -0.2) is 18.3 Å². The lowest BCUT2D eigenvalue weighted by Crippen LogP contribution is -2.08. The molecular formula is C62H36N6. The lowest BCUT2D eigenvalue weighted by molar-refractivity contribution is 1.12. The van der Waals surface area contributed by atoms with Gasteiger partial charge in [0.1, 0.15) is 12.1 Å². The van der Waals surface area contributed by atoms with Gasteiger partial charge in [-0.2, -0.15) is 10.5 Å². The maximum Gasteiger partial charge on any atom is 0.101 e. The molecule has 0 radical (unpaired) electrons. The highest BCUT2D eigenvalue weighted by molar-refractivity contribution is 6.14. The van der Waals surface area contributed by atoms with Gasteiger partial charge >= 0.3 is 0 Å². The Bertz CT molecular complexity index is 4030. The van der Waals surface area contributed by atoms with Gasteiger partial charge in [0.25, 0.3) is 0 Å². The molecule has 0 unspecified atom stereocenters. The predicted molar refractivity (Wildman–Crippen MR) is 279 cm³/mol. The summed E-state index contributed by atoms with van der Waals surface area (Å²) in [4.78, 5) is 0. The van der Waals surface area contributed by atoms with Crippen LogP contribution in [0.1, 0.15) is 11.1 Å². The van der Waals surface area contributed by atoms with Crippen LogP contribution >= 0.6 is 0 Å². The molecule has 0 bridgehead atoms. The number of nitriles is 2. The van der Waals surface area contributed by atoms with Crippen LogP contribution in [0.3, 0.4) is 0 Å². The second-order valence-electron chi connectivity index (χ2n) is 17.5. The van der Waals surface area contributed by atoms with E-state index in [4.69, 9.17) is 0 Å². The van der Waals surface area contributed by atoms with Crippen LogP contribution in [0.5, 0.6) is 0 Å². The molecule has 0 amide bonds. The molecule has 6 heteroatoms. The van der Waals surface area contributed by atoms with E-state index in [1.165, 1.54) is 0 Å². The first-order valence-corrected chi connectivity index (χ1v) is 22.8. The molecule has 10 aromatic carbocycles. The van der Waals surface area contributed by atoms with Crippen molar-refractivity contribution in [1.29, 1.82) is 10.5 Å². The summed E-state index contributed by atoms with van der Waals surface area (Å²) in [6.07, 6.45) is 0. The Labute approximate surface area is 389 Å². The van der Waals surface area contributed by atoms with Gasteiger partial charge in [-0.1, -0.05) is 146 Å². The number of hydrogen-bond donors (Lipinski definition) is 0. The fourth-order valence-electron chi connectivity index (χ4n) is 11.3. The summed E-state index contributed by atoms with van der Waals surface area (Å²) in [7, 11) is 0. The van der Waals surface area contributed by atoms with Crippen LogP contribution < -0.4 is 0 Å². The molecule has 14 aromatic rings. The summed E-state index contributed by atoms with van der Waals surface area (Å²) in [5, 5.41) is 32.3. The summed E-state index contributed by atoms with van der Waals surface area (Å²) in [6, 6.07) is 81.8. The molecule has 0 saturated carbocycles. The van der Waals surface area contributed by atoms with Crippen molar-refractivity contribution in [3.63, 3.8) is 0 Å². The van der Waals surface area contributed by atoms with E-state index in [2.05, 4.69) is 237 Å². The van der Waals surface area contributed by atoms with Crippen LogP contribution in [0.4, 0.5) is 0 Å². The van der Waals surface area contributed by atoms with Crippen LogP contribution in [0, 0.1) is 22.7 Å². The molecule has 6 nitrogen and oxygen atoms in total. The summed E-state index contributed by atoms with van der Waals surface area (Å²) in [5.41, 5.74) is 13.8. The zero-order valence-corrected chi connectivity index (χ0v) is 36.5. The molecule has 0 fully saturated rings.